The van der Waals surface area contributed by atoms with Crippen LogP contribution >= 0.6 is 11.5 Å². The van der Waals surface area contributed by atoms with Gasteiger partial charge in [0, 0.05) is 42.0 Å². The van der Waals surface area contributed by atoms with Crippen molar-refractivity contribution in [3.8, 4) is 11.1 Å². The molecule has 196 valence electrons. The summed E-state index contributed by atoms with van der Waals surface area (Å²) >= 11 is 1.13. The topological polar surface area (TPSA) is 119 Å². The van der Waals surface area contributed by atoms with Crippen LogP contribution < -0.4 is 16.4 Å². The van der Waals surface area contributed by atoms with Crippen molar-refractivity contribution in [2.45, 2.75) is 37.5 Å². The molecule has 4 aromatic rings. The summed E-state index contributed by atoms with van der Waals surface area (Å²) < 4.78 is 74.5. The summed E-state index contributed by atoms with van der Waals surface area (Å²) in [5.74, 6) is -2.89. The minimum atomic E-state index is -3.02. The zero-order valence-electron chi connectivity index (χ0n) is 19.2. The lowest BCUT2D eigenvalue weighted by Crippen LogP contribution is -2.63. The zero-order valence-corrected chi connectivity index (χ0v) is 20.0. The molecule has 0 unspecified atom stereocenters. The van der Waals surface area contributed by atoms with Crippen LogP contribution in [0.25, 0.3) is 21.5 Å². The van der Waals surface area contributed by atoms with Crippen LogP contribution in [-0.4, -0.2) is 55.2 Å². The van der Waals surface area contributed by atoms with Crippen molar-refractivity contribution in [1.82, 2.24) is 18.9 Å². The third kappa shape index (κ3) is 4.60. The highest BCUT2D eigenvalue weighted by molar-refractivity contribution is 7.13. The van der Waals surface area contributed by atoms with E-state index >= 15 is 0 Å². The monoisotopic (exact) mass is 539 g/mol. The molecule has 5 rings (SSSR count). The molecule has 3 aromatic heterocycles. The summed E-state index contributed by atoms with van der Waals surface area (Å²) in [5, 5.41) is 10.1. The molecule has 1 saturated heterocycles. The van der Waals surface area contributed by atoms with Gasteiger partial charge in [-0.15, -0.1) is 0 Å². The first kappa shape index (κ1) is 25.3. The first-order valence-electron chi connectivity index (χ1n) is 11.3. The summed E-state index contributed by atoms with van der Waals surface area (Å²) in [4.78, 5) is 11.1. The van der Waals surface area contributed by atoms with Crippen molar-refractivity contribution in [3.05, 3.63) is 53.7 Å². The predicted octanol–water partition coefficient (Wildman–Crippen LogP) is 3.53. The highest BCUT2D eigenvalue weighted by Gasteiger charge is 2.43. The lowest BCUT2D eigenvalue weighted by atomic mass is 9.84. The van der Waals surface area contributed by atoms with Gasteiger partial charge in [-0.05, 0) is 36.5 Å². The van der Waals surface area contributed by atoms with Gasteiger partial charge in [0.25, 0.3) is 6.43 Å². The number of aliphatic hydroxyl groups excluding tert-OH is 1. The van der Waals surface area contributed by atoms with Crippen LogP contribution in [0.4, 0.5) is 33.6 Å². The maximum absolute atomic E-state index is 14.6. The van der Waals surface area contributed by atoms with E-state index in [0.29, 0.717) is 40.8 Å². The number of aliphatic hydroxyl groups is 1. The third-order valence-corrected chi connectivity index (χ3v) is 7.44. The van der Waals surface area contributed by atoms with Gasteiger partial charge in [0.15, 0.2) is 17.5 Å². The summed E-state index contributed by atoms with van der Waals surface area (Å²) in [6, 6.07) is 2.76. The molecule has 14 heteroatoms. The average Bonchev–Trinajstić information content (AvgIpc) is 3.43. The Morgan fingerprint density at radius 1 is 1.11 bits per heavy atom. The fourth-order valence-electron chi connectivity index (χ4n) is 4.66. The molecule has 4 heterocycles. The molecule has 8 nitrogen and oxygen atoms in total. The maximum atomic E-state index is 14.6. The molecule has 0 bridgehead atoms. The van der Waals surface area contributed by atoms with Gasteiger partial charge in [-0.2, -0.15) is 4.37 Å². The second-order valence-electron chi connectivity index (χ2n) is 9.08. The van der Waals surface area contributed by atoms with Gasteiger partial charge < -0.3 is 26.0 Å². The van der Waals surface area contributed by atoms with Crippen molar-refractivity contribution in [2.24, 2.45) is 5.73 Å². The minimum absolute atomic E-state index is 0.107. The van der Waals surface area contributed by atoms with Gasteiger partial charge in [0.2, 0.25) is 0 Å². The Balaban J connectivity index is 1.59. The fourth-order valence-corrected chi connectivity index (χ4v) is 5.39. The Kier molecular flexibility index (Phi) is 6.50. The van der Waals surface area contributed by atoms with E-state index in [1.807, 2.05) is 0 Å². The Morgan fingerprint density at radius 3 is 2.62 bits per heavy atom. The molecule has 1 aliphatic rings. The van der Waals surface area contributed by atoms with Crippen molar-refractivity contribution in [3.63, 3.8) is 0 Å². The van der Waals surface area contributed by atoms with E-state index in [0.717, 1.165) is 17.6 Å². The molecular weight excluding hydrogens is 517 g/mol. The van der Waals surface area contributed by atoms with Crippen molar-refractivity contribution in [1.29, 1.82) is 0 Å². The molecule has 1 aromatic carbocycles. The van der Waals surface area contributed by atoms with E-state index in [1.165, 1.54) is 12.5 Å². The van der Waals surface area contributed by atoms with Gasteiger partial charge >= 0.3 is 0 Å². The van der Waals surface area contributed by atoms with Crippen molar-refractivity contribution < 1.29 is 27.1 Å². The number of piperidine rings is 1. The normalized spacial score (nSPS) is 19.2. The van der Waals surface area contributed by atoms with Gasteiger partial charge in [-0.3, -0.25) is 0 Å². The van der Waals surface area contributed by atoms with Crippen LogP contribution in [0.2, 0.25) is 0 Å². The number of hydrogen-bond donors (Lipinski definition) is 3. The summed E-state index contributed by atoms with van der Waals surface area (Å²) in [7, 11) is 0. The molecular formula is C23H22F5N7OS. The number of nitrogens with zero attached hydrogens (tertiary/aromatic N) is 5. The Bertz CT molecular complexity index is 1460. The first-order valence-corrected chi connectivity index (χ1v) is 12.0. The number of anilines is 2. The van der Waals surface area contributed by atoms with Crippen LogP contribution in [0, 0.1) is 17.5 Å². The molecule has 5 N–H and O–H groups in total. The predicted molar refractivity (Wildman–Crippen MR) is 129 cm³/mol. The summed E-state index contributed by atoms with van der Waals surface area (Å²) in [6.07, 6.45) is -1.63. The van der Waals surface area contributed by atoms with Crippen molar-refractivity contribution >= 4 is 33.5 Å². The fraction of sp³-hybridized carbons (Fsp3) is 0.348. The zero-order chi connectivity index (χ0) is 26.5. The number of benzene rings is 1. The van der Waals surface area contributed by atoms with Crippen molar-refractivity contribution in [2.75, 3.05) is 23.7 Å². The third-order valence-electron chi connectivity index (χ3n) is 6.55. The first-order chi connectivity index (χ1) is 17.6. The molecule has 2 atom stereocenters. The molecule has 0 spiro atoms. The minimum Gasteiger partial charge on any atom is -0.385 e. The highest BCUT2D eigenvalue weighted by atomic mass is 32.1. The number of aromatic nitrogens is 4. The van der Waals surface area contributed by atoms with E-state index in [2.05, 4.69) is 14.3 Å². The quantitative estimate of drug-likeness (QED) is 0.253. The number of rotatable bonds is 6. The summed E-state index contributed by atoms with van der Waals surface area (Å²) in [6.45, 7) is 0.454. The van der Waals surface area contributed by atoms with Crippen LogP contribution in [0.5, 0.6) is 0 Å². The van der Waals surface area contributed by atoms with Gasteiger partial charge in [-0.25, -0.2) is 31.9 Å². The number of pyridine rings is 1. The van der Waals surface area contributed by atoms with E-state index in [9.17, 15) is 27.1 Å². The van der Waals surface area contributed by atoms with Crippen LogP contribution in [-0.2, 0) is 6.54 Å². The van der Waals surface area contributed by atoms with E-state index < -0.39 is 35.5 Å². The molecule has 37 heavy (non-hydrogen) atoms. The lowest BCUT2D eigenvalue weighted by molar-refractivity contribution is -0.0529. The highest BCUT2D eigenvalue weighted by Crippen LogP contribution is 2.34. The number of nitrogens with two attached hydrogens (primary N) is 2. The van der Waals surface area contributed by atoms with Crippen LogP contribution in [0.15, 0.2) is 30.7 Å². The average molecular weight is 540 g/mol. The van der Waals surface area contributed by atoms with Crippen LogP contribution in [0.1, 0.15) is 18.4 Å². The largest absolute Gasteiger partial charge is 0.385 e. The smallest absolute Gasteiger partial charge is 0.265 e. The van der Waals surface area contributed by atoms with Gasteiger partial charge in [0.1, 0.15) is 28.1 Å². The van der Waals surface area contributed by atoms with Gasteiger partial charge in [-0.1, -0.05) is 0 Å². The van der Waals surface area contributed by atoms with Crippen LogP contribution in [0.3, 0.4) is 0 Å². The van der Waals surface area contributed by atoms with E-state index in [1.54, 1.807) is 15.5 Å². The number of imidazole rings is 1. The number of halogens is 5. The molecule has 0 amide bonds. The number of nitrogen functional groups attached to an aromatic ring is 1. The number of hydrogen-bond acceptors (Lipinski definition) is 8. The molecule has 0 radical (unpaired) electrons. The standard InChI is InChI=1S/C23H22F5N7OS/c24-14-6-16(26)15(25)5-13(14)11-4-12(8-35-10-32-17-20(29)33-37-22(17)35)21(31-7-11)34-3-1-2-23(30,9-34)18(36)19(27)28/h4-7,10,18-19,36H,1-3,8-9,30H2,(H2,29,33)/t18-,23-/m1/s1. The second-order valence-corrected chi connectivity index (χ2v) is 9.84. The molecule has 1 aliphatic heterocycles. The summed E-state index contributed by atoms with van der Waals surface area (Å²) in [5.41, 5.74) is 11.5. The SMILES string of the molecule is Nc1nsc2c1ncn2Cc1cc(-c2cc(F)c(F)cc2F)cnc1N1CCC[C@](N)([C@H](O)C(F)F)C1. The number of alkyl halides is 2. The van der Waals surface area contributed by atoms with Gasteiger partial charge in [0.05, 0.1) is 18.4 Å². The lowest BCUT2D eigenvalue weighted by Gasteiger charge is -2.43. The molecule has 0 aliphatic carbocycles. The van der Waals surface area contributed by atoms with E-state index in [-0.39, 0.29) is 36.5 Å². The molecule has 1 fully saturated rings. The second kappa shape index (κ2) is 9.50. The van der Waals surface area contributed by atoms with E-state index in [4.69, 9.17) is 11.5 Å². The Morgan fingerprint density at radius 2 is 1.86 bits per heavy atom. The maximum Gasteiger partial charge on any atom is 0.265 e. The Labute approximate surface area is 211 Å². The Hall–Kier alpha value is -3.36. The number of fused-ring (bicyclic) bond motifs is 1. The molecule has 0 saturated carbocycles.